The van der Waals surface area contributed by atoms with E-state index in [1.807, 2.05) is 19.1 Å². The maximum absolute atomic E-state index is 12.2. The van der Waals surface area contributed by atoms with Gasteiger partial charge >= 0.3 is 5.97 Å². The number of ether oxygens (including phenoxy) is 2. The predicted octanol–water partition coefficient (Wildman–Crippen LogP) is 4.55. The van der Waals surface area contributed by atoms with Crippen LogP contribution < -0.4 is 9.47 Å². The van der Waals surface area contributed by atoms with Gasteiger partial charge in [-0.05, 0) is 42.8 Å². The van der Waals surface area contributed by atoms with E-state index in [9.17, 15) is 4.79 Å². The van der Waals surface area contributed by atoms with Gasteiger partial charge in [-0.2, -0.15) is 0 Å². The van der Waals surface area contributed by atoms with E-state index in [-0.39, 0.29) is 12.4 Å². The zero-order valence-corrected chi connectivity index (χ0v) is 13.5. The van der Waals surface area contributed by atoms with E-state index in [1.165, 1.54) is 0 Å². The number of aryl methyl sites for hydroxylation is 1. The van der Waals surface area contributed by atoms with Crippen LogP contribution in [-0.4, -0.2) is 13.1 Å². The van der Waals surface area contributed by atoms with E-state index in [0.29, 0.717) is 22.1 Å². The van der Waals surface area contributed by atoms with Gasteiger partial charge in [0, 0.05) is 22.0 Å². The quantitative estimate of drug-likeness (QED) is 0.520. The van der Waals surface area contributed by atoms with Crippen molar-refractivity contribution < 1.29 is 18.7 Å². The Bertz CT molecular complexity index is 867. The summed E-state index contributed by atoms with van der Waals surface area (Å²) in [5.41, 5.74) is 2.27. The van der Waals surface area contributed by atoms with Crippen LogP contribution in [0.3, 0.4) is 0 Å². The zero-order chi connectivity index (χ0) is 16.4. The first-order valence-corrected chi connectivity index (χ1v) is 7.45. The fourth-order valence-corrected chi connectivity index (χ4v) is 2.60. The lowest BCUT2D eigenvalue weighted by molar-refractivity contribution is -0.133. The summed E-state index contributed by atoms with van der Waals surface area (Å²) in [6, 6.07) is 10.6. The highest BCUT2D eigenvalue weighted by Crippen LogP contribution is 2.27. The van der Waals surface area contributed by atoms with Gasteiger partial charge in [0.1, 0.15) is 17.1 Å². The first-order chi connectivity index (χ1) is 11.1. The van der Waals surface area contributed by atoms with Crippen LogP contribution in [0.2, 0.25) is 5.02 Å². The van der Waals surface area contributed by atoms with E-state index in [2.05, 4.69) is 0 Å². The molecule has 5 heteroatoms. The van der Waals surface area contributed by atoms with Crippen molar-refractivity contribution in [2.75, 3.05) is 7.11 Å². The number of hydrogen-bond donors (Lipinski definition) is 0. The first-order valence-electron chi connectivity index (χ1n) is 7.08. The third kappa shape index (κ3) is 3.32. The van der Waals surface area contributed by atoms with Crippen LogP contribution >= 0.6 is 11.6 Å². The highest BCUT2D eigenvalue weighted by molar-refractivity contribution is 6.30. The van der Waals surface area contributed by atoms with E-state index >= 15 is 0 Å². The Kier molecular flexibility index (Phi) is 4.26. The molecule has 23 heavy (non-hydrogen) atoms. The Balaban J connectivity index is 1.77. The van der Waals surface area contributed by atoms with Gasteiger partial charge in [-0.3, -0.25) is 4.79 Å². The molecule has 0 N–H and O–H groups in total. The second-order valence-corrected chi connectivity index (χ2v) is 5.62. The first kappa shape index (κ1) is 15.4. The summed E-state index contributed by atoms with van der Waals surface area (Å²) in [5, 5.41) is 1.48. The van der Waals surface area contributed by atoms with Crippen molar-refractivity contribution in [3.8, 4) is 11.5 Å². The van der Waals surface area contributed by atoms with Gasteiger partial charge in [0.25, 0.3) is 0 Å². The second-order valence-electron chi connectivity index (χ2n) is 5.18. The van der Waals surface area contributed by atoms with Crippen molar-refractivity contribution in [3.63, 3.8) is 0 Å². The topological polar surface area (TPSA) is 48.7 Å². The molecule has 0 aliphatic rings. The third-order valence-corrected chi connectivity index (χ3v) is 3.79. The maximum Gasteiger partial charge on any atom is 0.315 e. The normalized spacial score (nSPS) is 10.7. The van der Waals surface area contributed by atoms with Crippen LogP contribution in [0.15, 0.2) is 47.1 Å². The summed E-state index contributed by atoms with van der Waals surface area (Å²) in [6.45, 7) is 1.84. The van der Waals surface area contributed by atoms with Crippen LogP contribution in [-0.2, 0) is 11.2 Å². The van der Waals surface area contributed by atoms with Gasteiger partial charge in [-0.25, -0.2) is 0 Å². The van der Waals surface area contributed by atoms with Crippen LogP contribution in [0, 0.1) is 6.92 Å². The standard InChI is InChI=1S/C18H15ClO4/c1-11-7-13(19)3-6-16(11)23-18(20)8-12-10-22-17-9-14(21-2)4-5-15(12)17/h3-7,9-10H,8H2,1-2H3. The maximum atomic E-state index is 12.2. The third-order valence-electron chi connectivity index (χ3n) is 3.56. The molecular weight excluding hydrogens is 316 g/mol. The van der Waals surface area contributed by atoms with Gasteiger partial charge in [0.05, 0.1) is 19.8 Å². The van der Waals surface area contributed by atoms with E-state index in [0.717, 1.165) is 16.5 Å². The number of hydrogen-bond acceptors (Lipinski definition) is 4. The highest BCUT2D eigenvalue weighted by Gasteiger charge is 2.14. The highest BCUT2D eigenvalue weighted by atomic mass is 35.5. The number of esters is 1. The largest absolute Gasteiger partial charge is 0.497 e. The monoisotopic (exact) mass is 330 g/mol. The summed E-state index contributed by atoms with van der Waals surface area (Å²) in [5.74, 6) is 0.862. The van der Waals surface area contributed by atoms with E-state index in [1.54, 1.807) is 37.6 Å². The molecule has 0 amide bonds. The molecule has 1 aromatic heterocycles. The molecule has 0 aliphatic carbocycles. The van der Waals surface area contributed by atoms with Gasteiger partial charge < -0.3 is 13.9 Å². The van der Waals surface area contributed by atoms with Crippen molar-refractivity contribution in [1.82, 2.24) is 0 Å². The summed E-state index contributed by atoms with van der Waals surface area (Å²) >= 11 is 5.90. The Morgan fingerprint density at radius 3 is 2.78 bits per heavy atom. The Morgan fingerprint density at radius 1 is 1.22 bits per heavy atom. The lowest BCUT2D eigenvalue weighted by Crippen LogP contribution is -2.11. The molecule has 0 unspecified atom stereocenters. The molecule has 0 saturated carbocycles. The summed E-state index contributed by atoms with van der Waals surface area (Å²) < 4.78 is 16.0. The van der Waals surface area contributed by atoms with Gasteiger partial charge in [-0.1, -0.05) is 11.6 Å². The Hall–Kier alpha value is -2.46. The number of furan rings is 1. The number of carbonyl (C=O) groups excluding carboxylic acids is 1. The molecular formula is C18H15ClO4. The lowest BCUT2D eigenvalue weighted by atomic mass is 10.1. The fraction of sp³-hybridized carbons (Fsp3) is 0.167. The van der Waals surface area contributed by atoms with Crippen LogP contribution in [0.4, 0.5) is 0 Å². The summed E-state index contributed by atoms with van der Waals surface area (Å²) in [7, 11) is 1.59. The van der Waals surface area contributed by atoms with Gasteiger partial charge in [0.15, 0.2) is 0 Å². The van der Waals surface area contributed by atoms with E-state index in [4.69, 9.17) is 25.5 Å². The average molecular weight is 331 g/mol. The predicted molar refractivity (Wildman–Crippen MR) is 88.3 cm³/mol. The molecule has 0 aliphatic heterocycles. The number of fused-ring (bicyclic) bond motifs is 1. The van der Waals surface area contributed by atoms with Crippen LogP contribution in [0.5, 0.6) is 11.5 Å². The van der Waals surface area contributed by atoms with Crippen molar-refractivity contribution in [1.29, 1.82) is 0 Å². The Labute approximate surface area is 138 Å². The molecule has 2 aromatic carbocycles. The summed E-state index contributed by atoms with van der Waals surface area (Å²) in [6.07, 6.45) is 1.70. The van der Waals surface area contributed by atoms with Crippen molar-refractivity contribution in [2.24, 2.45) is 0 Å². The molecule has 118 valence electrons. The zero-order valence-electron chi connectivity index (χ0n) is 12.8. The molecule has 4 nitrogen and oxygen atoms in total. The van der Waals surface area contributed by atoms with Crippen LogP contribution in [0.1, 0.15) is 11.1 Å². The number of carbonyl (C=O) groups is 1. The minimum absolute atomic E-state index is 0.126. The number of halogens is 1. The molecule has 0 spiro atoms. The molecule has 1 heterocycles. The average Bonchev–Trinajstić information content (AvgIpc) is 2.92. The molecule has 3 aromatic rings. The molecule has 0 bridgehead atoms. The second kappa shape index (κ2) is 6.34. The van der Waals surface area contributed by atoms with Gasteiger partial charge in [-0.15, -0.1) is 0 Å². The van der Waals surface area contributed by atoms with Crippen LogP contribution in [0.25, 0.3) is 11.0 Å². The molecule has 0 fully saturated rings. The number of benzene rings is 2. The lowest BCUT2D eigenvalue weighted by Gasteiger charge is -2.07. The summed E-state index contributed by atoms with van der Waals surface area (Å²) in [4.78, 5) is 12.2. The smallest absolute Gasteiger partial charge is 0.315 e. The molecule has 0 atom stereocenters. The number of rotatable bonds is 4. The van der Waals surface area contributed by atoms with Crippen molar-refractivity contribution in [2.45, 2.75) is 13.3 Å². The molecule has 0 radical (unpaired) electrons. The molecule has 3 rings (SSSR count). The minimum atomic E-state index is -0.353. The Morgan fingerprint density at radius 2 is 2.04 bits per heavy atom. The number of methoxy groups -OCH3 is 1. The van der Waals surface area contributed by atoms with Gasteiger partial charge in [0.2, 0.25) is 0 Å². The fourth-order valence-electron chi connectivity index (χ4n) is 2.37. The van der Waals surface area contributed by atoms with Crippen molar-refractivity contribution >= 4 is 28.5 Å². The van der Waals surface area contributed by atoms with Crippen molar-refractivity contribution in [3.05, 3.63) is 58.8 Å². The minimum Gasteiger partial charge on any atom is -0.497 e. The molecule has 0 saturated heterocycles. The van der Waals surface area contributed by atoms with E-state index < -0.39 is 0 Å². The SMILES string of the molecule is COc1ccc2c(CC(=O)Oc3ccc(Cl)cc3C)coc2c1.